The lowest BCUT2D eigenvalue weighted by molar-refractivity contribution is 0.179. The molecule has 0 aliphatic carbocycles. The van der Waals surface area contributed by atoms with Gasteiger partial charge in [-0.25, -0.2) is 9.97 Å². The molecular formula is C23H26ClN5. The third kappa shape index (κ3) is 4.92. The molecule has 6 heteroatoms. The number of likely N-dealkylation sites (tertiary alicyclic amines) is 1. The Bertz CT molecular complexity index is 930. The molecule has 29 heavy (non-hydrogen) atoms. The highest BCUT2D eigenvalue weighted by Crippen LogP contribution is 2.29. The maximum atomic E-state index is 6.07. The molecule has 4 rings (SSSR count). The van der Waals surface area contributed by atoms with E-state index in [9.17, 15) is 0 Å². The highest BCUT2D eigenvalue weighted by molar-refractivity contribution is 6.30. The summed E-state index contributed by atoms with van der Waals surface area (Å²) in [5, 5.41) is 4.29. The molecule has 1 saturated heterocycles. The van der Waals surface area contributed by atoms with Crippen molar-refractivity contribution in [3.05, 3.63) is 60.0 Å². The van der Waals surface area contributed by atoms with Gasteiger partial charge < -0.3 is 10.2 Å². The molecule has 150 valence electrons. The molecule has 0 spiro atoms. The summed E-state index contributed by atoms with van der Waals surface area (Å²) < 4.78 is 0. The first kappa shape index (κ1) is 19.8. The molecule has 1 aromatic carbocycles. The fourth-order valence-corrected chi connectivity index (χ4v) is 3.98. The summed E-state index contributed by atoms with van der Waals surface area (Å²) in [7, 11) is 2.23. The van der Waals surface area contributed by atoms with Crippen LogP contribution in [0.15, 0.2) is 55.0 Å². The molecule has 3 aromatic rings. The molecule has 1 fully saturated rings. The molecule has 1 aliphatic heterocycles. The van der Waals surface area contributed by atoms with Crippen molar-refractivity contribution in [3.8, 4) is 22.5 Å². The van der Waals surface area contributed by atoms with E-state index < -0.39 is 0 Å². The van der Waals surface area contributed by atoms with Crippen LogP contribution in [0.25, 0.3) is 22.5 Å². The minimum Gasteiger partial charge on any atom is -0.369 e. The van der Waals surface area contributed by atoms with Gasteiger partial charge in [-0.3, -0.25) is 4.98 Å². The van der Waals surface area contributed by atoms with E-state index in [1.165, 1.54) is 25.8 Å². The third-order valence-corrected chi connectivity index (χ3v) is 5.81. The Labute approximate surface area is 177 Å². The zero-order valence-electron chi connectivity index (χ0n) is 16.7. The van der Waals surface area contributed by atoms with E-state index in [1.807, 2.05) is 42.6 Å². The highest BCUT2D eigenvalue weighted by atomic mass is 35.5. The summed E-state index contributed by atoms with van der Waals surface area (Å²) in [6.07, 6.45) is 10.4. The van der Waals surface area contributed by atoms with E-state index in [4.69, 9.17) is 16.6 Å². The lowest BCUT2D eigenvalue weighted by atomic mass is 10.00. The summed E-state index contributed by atoms with van der Waals surface area (Å²) in [5.41, 5.74) is 2.93. The third-order valence-electron chi connectivity index (χ3n) is 5.56. The van der Waals surface area contributed by atoms with Crippen molar-refractivity contribution in [2.24, 2.45) is 0 Å². The summed E-state index contributed by atoms with van der Waals surface area (Å²) in [6, 6.07) is 12.3. The van der Waals surface area contributed by atoms with Crippen molar-refractivity contribution < 1.29 is 0 Å². The predicted molar refractivity (Wildman–Crippen MR) is 119 cm³/mol. The minimum absolute atomic E-state index is 0.634. The van der Waals surface area contributed by atoms with Crippen molar-refractivity contribution in [2.45, 2.75) is 31.7 Å². The number of anilines is 1. The Balaban J connectivity index is 1.58. The lowest BCUT2D eigenvalue weighted by Gasteiger charge is -2.32. The van der Waals surface area contributed by atoms with Crippen LogP contribution in [0.1, 0.15) is 25.7 Å². The fraction of sp³-hybridized carbons (Fsp3) is 0.348. The number of halogens is 1. The number of aromatic nitrogens is 3. The maximum absolute atomic E-state index is 6.07. The van der Waals surface area contributed by atoms with Crippen LogP contribution in [-0.4, -0.2) is 46.0 Å². The second-order valence-electron chi connectivity index (χ2n) is 7.55. The molecule has 1 aliphatic rings. The molecule has 0 saturated carbocycles. The Hall–Kier alpha value is -2.50. The van der Waals surface area contributed by atoms with E-state index in [1.54, 1.807) is 12.4 Å². The Kier molecular flexibility index (Phi) is 6.37. The fourth-order valence-electron chi connectivity index (χ4n) is 3.86. The van der Waals surface area contributed by atoms with Crippen molar-refractivity contribution in [1.82, 2.24) is 19.9 Å². The van der Waals surface area contributed by atoms with E-state index in [2.05, 4.69) is 27.2 Å². The molecular weight excluding hydrogens is 382 g/mol. The molecule has 5 nitrogen and oxygen atoms in total. The van der Waals surface area contributed by atoms with Gasteiger partial charge in [-0.05, 0) is 62.7 Å². The molecule has 0 amide bonds. The molecule has 2 aromatic heterocycles. The van der Waals surface area contributed by atoms with Gasteiger partial charge in [-0.15, -0.1) is 0 Å². The number of benzene rings is 1. The van der Waals surface area contributed by atoms with Crippen LogP contribution in [-0.2, 0) is 0 Å². The lowest BCUT2D eigenvalue weighted by Crippen LogP contribution is -2.37. The second kappa shape index (κ2) is 9.33. The van der Waals surface area contributed by atoms with Crippen molar-refractivity contribution in [1.29, 1.82) is 0 Å². The summed E-state index contributed by atoms with van der Waals surface area (Å²) in [4.78, 5) is 16.1. The number of hydrogen-bond donors (Lipinski definition) is 1. The van der Waals surface area contributed by atoms with Crippen LogP contribution >= 0.6 is 11.6 Å². The molecule has 1 unspecified atom stereocenters. The summed E-state index contributed by atoms with van der Waals surface area (Å²) >= 11 is 6.07. The standard InChI is InChI=1S/C23H26ClN5/c1-29-14-3-2-6-20(29)11-13-26-23-21(17-7-9-19(24)10-8-17)16-27-22(28-23)18-5-4-12-25-15-18/h4-5,7-10,12,15-16,20H,2-3,6,11,13-14H2,1H3,(H,26,27,28). The van der Waals surface area contributed by atoms with Crippen LogP contribution in [0.4, 0.5) is 5.82 Å². The average Bonchev–Trinajstić information content (AvgIpc) is 2.76. The molecule has 1 atom stereocenters. The van der Waals surface area contributed by atoms with Gasteiger partial charge in [0.05, 0.1) is 0 Å². The highest BCUT2D eigenvalue weighted by Gasteiger charge is 2.18. The number of hydrogen-bond acceptors (Lipinski definition) is 5. The smallest absolute Gasteiger partial charge is 0.163 e. The Morgan fingerprint density at radius 1 is 1.10 bits per heavy atom. The van der Waals surface area contributed by atoms with Gasteiger partial charge in [0, 0.05) is 47.3 Å². The Morgan fingerprint density at radius 3 is 2.72 bits per heavy atom. The SMILES string of the molecule is CN1CCCCC1CCNc1nc(-c2cccnc2)ncc1-c1ccc(Cl)cc1. The number of rotatable bonds is 6. The zero-order valence-corrected chi connectivity index (χ0v) is 17.4. The van der Waals surface area contributed by atoms with Gasteiger partial charge in [-0.2, -0.15) is 0 Å². The molecule has 0 radical (unpaired) electrons. The molecule has 3 heterocycles. The first-order valence-corrected chi connectivity index (χ1v) is 10.6. The minimum atomic E-state index is 0.634. The summed E-state index contributed by atoms with van der Waals surface area (Å²) in [6.45, 7) is 2.07. The van der Waals surface area contributed by atoms with Crippen LogP contribution in [0.2, 0.25) is 5.02 Å². The summed E-state index contributed by atoms with van der Waals surface area (Å²) in [5.74, 6) is 1.52. The van der Waals surface area contributed by atoms with Crippen LogP contribution in [0.3, 0.4) is 0 Å². The van der Waals surface area contributed by atoms with Crippen molar-refractivity contribution >= 4 is 17.4 Å². The number of pyridine rings is 1. The van der Waals surface area contributed by atoms with Crippen LogP contribution in [0, 0.1) is 0 Å². The first-order valence-electron chi connectivity index (χ1n) is 10.2. The van der Waals surface area contributed by atoms with Gasteiger partial charge in [-0.1, -0.05) is 30.2 Å². The number of nitrogens with one attached hydrogen (secondary N) is 1. The normalized spacial score (nSPS) is 17.2. The quantitative estimate of drug-likeness (QED) is 0.612. The topological polar surface area (TPSA) is 53.9 Å². The van der Waals surface area contributed by atoms with Crippen molar-refractivity contribution in [3.63, 3.8) is 0 Å². The second-order valence-corrected chi connectivity index (χ2v) is 7.99. The first-order chi connectivity index (χ1) is 14.2. The van der Waals surface area contributed by atoms with Gasteiger partial charge in [0.25, 0.3) is 0 Å². The zero-order chi connectivity index (χ0) is 20.1. The van der Waals surface area contributed by atoms with Gasteiger partial charge in [0.2, 0.25) is 0 Å². The van der Waals surface area contributed by atoms with Gasteiger partial charge >= 0.3 is 0 Å². The maximum Gasteiger partial charge on any atom is 0.163 e. The van der Waals surface area contributed by atoms with Gasteiger partial charge in [0.1, 0.15) is 5.82 Å². The molecule has 0 bridgehead atoms. The van der Waals surface area contributed by atoms with E-state index in [-0.39, 0.29) is 0 Å². The van der Waals surface area contributed by atoms with E-state index in [0.29, 0.717) is 11.9 Å². The predicted octanol–water partition coefficient (Wildman–Crippen LogP) is 5.15. The Morgan fingerprint density at radius 2 is 1.97 bits per heavy atom. The van der Waals surface area contributed by atoms with Crippen LogP contribution < -0.4 is 5.32 Å². The van der Waals surface area contributed by atoms with Crippen molar-refractivity contribution in [2.75, 3.05) is 25.5 Å². The van der Waals surface area contributed by atoms with Gasteiger partial charge in [0.15, 0.2) is 5.82 Å². The monoisotopic (exact) mass is 407 g/mol. The van der Waals surface area contributed by atoms with Crippen LogP contribution in [0.5, 0.6) is 0 Å². The van der Waals surface area contributed by atoms with E-state index in [0.717, 1.165) is 40.5 Å². The number of piperidine rings is 1. The molecule has 1 N–H and O–H groups in total. The van der Waals surface area contributed by atoms with E-state index >= 15 is 0 Å². The number of nitrogens with zero attached hydrogens (tertiary/aromatic N) is 4. The average molecular weight is 408 g/mol. The largest absolute Gasteiger partial charge is 0.369 e.